The van der Waals surface area contributed by atoms with E-state index in [9.17, 15) is 12.8 Å². The first-order valence-corrected chi connectivity index (χ1v) is 11.9. The largest absolute Gasteiger partial charge is 0.370 e. The van der Waals surface area contributed by atoms with E-state index in [4.69, 9.17) is 12.2 Å². The molecule has 0 amide bonds. The van der Waals surface area contributed by atoms with Gasteiger partial charge in [-0.25, -0.2) is 12.8 Å². The summed E-state index contributed by atoms with van der Waals surface area (Å²) in [6.07, 6.45) is 2.19. The molecule has 0 aliphatic carbocycles. The molecule has 1 aliphatic heterocycles. The summed E-state index contributed by atoms with van der Waals surface area (Å²) in [5.74, 6) is -0.329. The normalized spacial score (nSPS) is 14.2. The maximum absolute atomic E-state index is 13.1. The lowest BCUT2D eigenvalue weighted by Gasteiger charge is -2.24. The van der Waals surface area contributed by atoms with Crippen LogP contribution in [0, 0.1) is 5.82 Å². The van der Waals surface area contributed by atoms with Gasteiger partial charge in [-0.05, 0) is 67.5 Å². The fourth-order valence-electron chi connectivity index (χ4n) is 3.54. The second-order valence-corrected chi connectivity index (χ2v) is 9.39. The van der Waals surface area contributed by atoms with E-state index >= 15 is 0 Å². The lowest BCUT2D eigenvalue weighted by atomic mass is 10.2. The van der Waals surface area contributed by atoms with Gasteiger partial charge in [0.15, 0.2) is 5.11 Å². The van der Waals surface area contributed by atoms with Gasteiger partial charge in [-0.1, -0.05) is 13.8 Å². The molecule has 2 aromatic rings. The zero-order valence-corrected chi connectivity index (χ0v) is 18.8. The zero-order chi connectivity index (χ0) is 21.7. The number of thiocarbonyl (C=S) groups is 1. The Morgan fingerprint density at radius 2 is 1.70 bits per heavy atom. The number of hydrogen-bond donors (Lipinski definition) is 2. The Kier molecular flexibility index (Phi) is 7.27. The molecule has 1 aliphatic rings. The molecule has 0 aromatic heterocycles. The first-order valence-electron chi connectivity index (χ1n) is 10.1. The summed E-state index contributed by atoms with van der Waals surface area (Å²) < 4.78 is 40.5. The molecular weight excluding hydrogens is 423 g/mol. The lowest BCUT2D eigenvalue weighted by molar-refractivity contribution is 0.445. The van der Waals surface area contributed by atoms with E-state index in [1.807, 2.05) is 19.9 Å². The second kappa shape index (κ2) is 9.72. The number of rotatable bonds is 7. The third-order valence-electron chi connectivity index (χ3n) is 5.11. The number of sulfonamides is 1. The van der Waals surface area contributed by atoms with E-state index in [0.717, 1.165) is 31.6 Å². The Morgan fingerprint density at radius 1 is 1.07 bits per heavy atom. The van der Waals surface area contributed by atoms with Crippen molar-refractivity contribution in [3.8, 4) is 0 Å². The van der Waals surface area contributed by atoms with Crippen LogP contribution in [0.4, 0.5) is 21.5 Å². The number of hydrogen-bond acceptors (Lipinski definition) is 4. The SMILES string of the molecule is CCN(CC)S(=O)(=O)c1ccc(N2CCCC2)c(NC(=S)Nc2ccc(F)cc2)c1. The molecule has 0 saturated carbocycles. The van der Waals surface area contributed by atoms with Gasteiger partial charge in [-0.3, -0.25) is 0 Å². The number of halogens is 1. The van der Waals surface area contributed by atoms with Crippen LogP contribution in [-0.4, -0.2) is 44.0 Å². The molecule has 1 saturated heterocycles. The molecule has 162 valence electrons. The molecule has 0 bridgehead atoms. The van der Waals surface area contributed by atoms with Gasteiger partial charge in [0.05, 0.1) is 16.3 Å². The molecule has 0 unspecified atom stereocenters. The van der Waals surface area contributed by atoms with E-state index < -0.39 is 10.0 Å². The molecule has 1 fully saturated rings. The Morgan fingerprint density at radius 3 is 2.30 bits per heavy atom. The van der Waals surface area contributed by atoms with Crippen molar-refractivity contribution in [1.82, 2.24) is 4.31 Å². The van der Waals surface area contributed by atoms with Crippen molar-refractivity contribution in [1.29, 1.82) is 0 Å². The number of nitrogens with one attached hydrogen (secondary N) is 2. The predicted octanol–water partition coefficient (Wildman–Crippen LogP) is 4.27. The predicted molar refractivity (Wildman–Crippen MR) is 124 cm³/mol. The van der Waals surface area contributed by atoms with Crippen molar-refractivity contribution >= 4 is 44.4 Å². The van der Waals surface area contributed by atoms with Gasteiger partial charge in [-0.15, -0.1) is 0 Å². The van der Waals surface area contributed by atoms with Crippen molar-refractivity contribution in [2.45, 2.75) is 31.6 Å². The Bertz CT molecular complexity index is 987. The zero-order valence-electron chi connectivity index (χ0n) is 17.2. The topological polar surface area (TPSA) is 64.7 Å². The summed E-state index contributed by atoms with van der Waals surface area (Å²) in [4.78, 5) is 2.44. The van der Waals surface area contributed by atoms with E-state index in [-0.39, 0.29) is 10.7 Å². The van der Waals surface area contributed by atoms with Crippen LogP contribution in [0.25, 0.3) is 0 Å². The van der Waals surface area contributed by atoms with Crippen molar-refractivity contribution in [3.63, 3.8) is 0 Å². The highest BCUT2D eigenvalue weighted by molar-refractivity contribution is 7.89. The van der Waals surface area contributed by atoms with Crippen LogP contribution < -0.4 is 15.5 Å². The first kappa shape index (κ1) is 22.5. The number of benzene rings is 2. The van der Waals surface area contributed by atoms with Crippen molar-refractivity contribution in [2.24, 2.45) is 0 Å². The van der Waals surface area contributed by atoms with Crippen LogP contribution in [0.1, 0.15) is 26.7 Å². The van der Waals surface area contributed by atoms with Gasteiger partial charge < -0.3 is 15.5 Å². The highest BCUT2D eigenvalue weighted by Gasteiger charge is 2.24. The quantitative estimate of drug-likeness (QED) is 0.615. The van der Waals surface area contributed by atoms with Crippen LogP contribution in [0.2, 0.25) is 0 Å². The third kappa shape index (κ3) is 5.08. The van der Waals surface area contributed by atoms with Crippen molar-refractivity contribution < 1.29 is 12.8 Å². The summed E-state index contributed by atoms with van der Waals surface area (Å²) in [7, 11) is -3.59. The summed E-state index contributed by atoms with van der Waals surface area (Å²) in [6, 6.07) is 11.0. The fourth-order valence-corrected chi connectivity index (χ4v) is 5.25. The van der Waals surface area contributed by atoms with E-state index in [2.05, 4.69) is 15.5 Å². The first-order chi connectivity index (χ1) is 14.3. The average molecular weight is 451 g/mol. The van der Waals surface area contributed by atoms with E-state index in [0.29, 0.717) is 29.6 Å². The van der Waals surface area contributed by atoms with Gasteiger partial charge >= 0.3 is 0 Å². The van der Waals surface area contributed by atoms with Crippen molar-refractivity contribution in [3.05, 3.63) is 48.3 Å². The number of nitrogens with zero attached hydrogens (tertiary/aromatic N) is 2. The minimum atomic E-state index is -3.59. The molecule has 0 radical (unpaired) electrons. The van der Waals surface area contributed by atoms with Crippen LogP contribution >= 0.6 is 12.2 Å². The maximum atomic E-state index is 13.1. The number of anilines is 3. The van der Waals surface area contributed by atoms with Gasteiger partial charge in [-0.2, -0.15) is 4.31 Å². The molecule has 9 heteroatoms. The van der Waals surface area contributed by atoms with Gasteiger partial charge in [0.2, 0.25) is 10.0 Å². The second-order valence-electron chi connectivity index (χ2n) is 7.05. The van der Waals surface area contributed by atoms with Crippen LogP contribution in [0.3, 0.4) is 0 Å². The molecule has 2 N–H and O–H groups in total. The van der Waals surface area contributed by atoms with Gasteiger partial charge in [0, 0.05) is 31.9 Å². The summed E-state index contributed by atoms with van der Waals surface area (Å²) in [6.45, 7) is 6.27. The van der Waals surface area contributed by atoms with Crippen LogP contribution in [0.15, 0.2) is 47.4 Å². The molecule has 3 rings (SSSR count). The van der Waals surface area contributed by atoms with Gasteiger partial charge in [0.1, 0.15) is 5.82 Å². The minimum absolute atomic E-state index is 0.223. The minimum Gasteiger partial charge on any atom is -0.370 e. The van der Waals surface area contributed by atoms with Crippen molar-refractivity contribution in [2.75, 3.05) is 41.7 Å². The smallest absolute Gasteiger partial charge is 0.243 e. The molecule has 0 spiro atoms. The van der Waals surface area contributed by atoms with E-state index in [1.165, 1.54) is 16.4 Å². The van der Waals surface area contributed by atoms with Gasteiger partial charge in [0.25, 0.3) is 0 Å². The molecule has 2 aromatic carbocycles. The monoisotopic (exact) mass is 450 g/mol. The van der Waals surface area contributed by atoms with Crippen LogP contribution in [0.5, 0.6) is 0 Å². The summed E-state index contributed by atoms with van der Waals surface area (Å²) in [5, 5.41) is 6.46. The average Bonchev–Trinajstić information content (AvgIpc) is 3.25. The maximum Gasteiger partial charge on any atom is 0.243 e. The lowest BCUT2D eigenvalue weighted by Crippen LogP contribution is -2.31. The summed E-state index contributed by atoms with van der Waals surface area (Å²) in [5.41, 5.74) is 2.18. The third-order valence-corrected chi connectivity index (χ3v) is 7.36. The fraction of sp³-hybridized carbons (Fsp3) is 0.381. The van der Waals surface area contributed by atoms with E-state index in [1.54, 1.807) is 24.3 Å². The Hall–Kier alpha value is -2.23. The molecule has 30 heavy (non-hydrogen) atoms. The molecule has 1 heterocycles. The Labute approximate surface area is 183 Å². The Balaban J connectivity index is 1.90. The highest BCUT2D eigenvalue weighted by Crippen LogP contribution is 2.32. The molecule has 6 nitrogen and oxygen atoms in total. The molecule has 0 atom stereocenters. The summed E-state index contributed by atoms with van der Waals surface area (Å²) >= 11 is 5.42. The highest BCUT2D eigenvalue weighted by atomic mass is 32.2. The molecular formula is C21H27FN4O2S2. The van der Waals surface area contributed by atoms with Crippen LogP contribution in [-0.2, 0) is 10.0 Å². The standard InChI is InChI=1S/C21H27FN4O2S2/c1-3-26(4-2)30(27,28)18-11-12-20(25-13-5-6-14-25)19(15-18)24-21(29)23-17-9-7-16(22)8-10-17/h7-12,15H,3-6,13-14H2,1-2H3,(H2,23,24,29).